The van der Waals surface area contributed by atoms with Crippen molar-refractivity contribution in [3.63, 3.8) is 0 Å². The van der Waals surface area contributed by atoms with Gasteiger partial charge in [-0.05, 0) is 19.5 Å². The van der Waals surface area contributed by atoms with Gasteiger partial charge in [-0.2, -0.15) is 0 Å². The molecule has 0 aromatic carbocycles. The van der Waals surface area contributed by atoms with Crippen molar-refractivity contribution < 1.29 is 4.52 Å². The van der Waals surface area contributed by atoms with Crippen LogP contribution in [0.2, 0.25) is 0 Å². The average Bonchev–Trinajstić information content (AvgIpc) is 3.12. The van der Waals surface area contributed by atoms with Gasteiger partial charge in [-0.15, -0.1) is 0 Å². The zero-order valence-electron chi connectivity index (χ0n) is 15.4. The lowest BCUT2D eigenvalue weighted by atomic mass is 10.3. The highest BCUT2D eigenvalue weighted by Crippen LogP contribution is 2.07. The summed E-state index contributed by atoms with van der Waals surface area (Å²) in [5, 5.41) is 7.50. The maximum atomic E-state index is 4.90. The molecule has 1 aromatic rings. The Morgan fingerprint density at radius 1 is 1.29 bits per heavy atom. The number of nitrogens with zero attached hydrogens (tertiary/aromatic N) is 5. The second-order valence-corrected chi connectivity index (χ2v) is 6.16. The van der Waals surface area contributed by atoms with Gasteiger partial charge in [0.15, 0.2) is 5.96 Å². The van der Waals surface area contributed by atoms with Crippen molar-refractivity contribution in [2.45, 2.75) is 26.8 Å². The van der Waals surface area contributed by atoms with Gasteiger partial charge in [0.25, 0.3) is 0 Å². The average molecular weight is 336 g/mol. The van der Waals surface area contributed by atoms with Gasteiger partial charge in [0, 0.05) is 58.9 Å². The molecule has 0 unspecified atom stereocenters. The molecule has 1 aromatic heterocycles. The van der Waals surface area contributed by atoms with Gasteiger partial charge in [-0.3, -0.25) is 9.89 Å². The van der Waals surface area contributed by atoms with Gasteiger partial charge in [-0.25, -0.2) is 0 Å². The number of rotatable bonds is 8. The second-order valence-electron chi connectivity index (χ2n) is 6.16. The van der Waals surface area contributed by atoms with Crippen LogP contribution in [0.5, 0.6) is 0 Å². The Bertz CT molecular complexity index is 467. The summed E-state index contributed by atoms with van der Waals surface area (Å²) in [5.74, 6) is 1.02. The number of hydrogen-bond acceptors (Lipinski definition) is 5. The summed E-state index contributed by atoms with van der Waals surface area (Å²) in [6.07, 6.45) is 2.84. The summed E-state index contributed by atoms with van der Waals surface area (Å²) in [6.45, 7) is 13.6. The van der Waals surface area contributed by atoms with E-state index in [1.165, 1.54) is 6.42 Å². The summed E-state index contributed by atoms with van der Waals surface area (Å²) in [6, 6.07) is 1.93. The molecule has 1 aliphatic heterocycles. The normalized spacial score (nSPS) is 16.8. The standard InChI is InChI=1S/C17H32N6O/c1-4-8-21(5-2)9-7-19-17(18-3)23-12-10-22(11-13-23)15-16-6-14-24-20-16/h6,14H,4-5,7-13,15H2,1-3H3,(H,18,19). The fourth-order valence-corrected chi connectivity index (χ4v) is 3.07. The molecule has 0 amide bonds. The molecular formula is C17H32N6O. The molecule has 2 heterocycles. The molecule has 1 aliphatic rings. The van der Waals surface area contributed by atoms with E-state index in [2.05, 4.69) is 44.0 Å². The molecule has 2 rings (SSSR count). The highest BCUT2D eigenvalue weighted by molar-refractivity contribution is 5.80. The topological polar surface area (TPSA) is 60.1 Å². The number of aliphatic imine (C=N–C) groups is 1. The first-order valence-electron chi connectivity index (χ1n) is 9.06. The first-order valence-corrected chi connectivity index (χ1v) is 9.06. The van der Waals surface area contributed by atoms with E-state index >= 15 is 0 Å². The van der Waals surface area contributed by atoms with Crippen molar-refractivity contribution in [2.75, 3.05) is 59.4 Å². The summed E-state index contributed by atoms with van der Waals surface area (Å²) in [7, 11) is 1.87. The number of nitrogens with one attached hydrogen (secondary N) is 1. The summed E-state index contributed by atoms with van der Waals surface area (Å²) in [4.78, 5) is 11.7. The number of guanidine groups is 1. The molecule has 0 bridgehead atoms. The smallest absolute Gasteiger partial charge is 0.193 e. The van der Waals surface area contributed by atoms with E-state index < -0.39 is 0 Å². The minimum absolute atomic E-state index is 0.860. The minimum Gasteiger partial charge on any atom is -0.364 e. The monoisotopic (exact) mass is 336 g/mol. The molecule has 1 N–H and O–H groups in total. The van der Waals surface area contributed by atoms with Gasteiger partial charge in [-0.1, -0.05) is 19.0 Å². The van der Waals surface area contributed by atoms with E-state index in [-0.39, 0.29) is 0 Å². The predicted octanol–water partition coefficient (Wildman–Crippen LogP) is 1.10. The molecule has 0 radical (unpaired) electrons. The molecule has 1 saturated heterocycles. The third-order valence-electron chi connectivity index (χ3n) is 4.46. The molecular weight excluding hydrogens is 304 g/mol. The Morgan fingerprint density at radius 3 is 2.67 bits per heavy atom. The van der Waals surface area contributed by atoms with Gasteiger partial charge >= 0.3 is 0 Å². The summed E-state index contributed by atoms with van der Waals surface area (Å²) < 4.78 is 4.90. The molecule has 0 spiro atoms. The summed E-state index contributed by atoms with van der Waals surface area (Å²) >= 11 is 0. The molecule has 7 heteroatoms. The van der Waals surface area contributed by atoms with E-state index in [0.717, 1.165) is 70.6 Å². The fraction of sp³-hybridized carbons (Fsp3) is 0.765. The third kappa shape index (κ3) is 5.79. The van der Waals surface area contributed by atoms with E-state index in [4.69, 9.17) is 4.52 Å². The van der Waals surface area contributed by atoms with E-state index in [1.54, 1.807) is 6.26 Å². The highest BCUT2D eigenvalue weighted by Gasteiger charge is 2.20. The molecule has 0 saturated carbocycles. The van der Waals surface area contributed by atoms with Crippen LogP contribution in [-0.4, -0.2) is 85.2 Å². The van der Waals surface area contributed by atoms with Crippen LogP contribution < -0.4 is 5.32 Å². The van der Waals surface area contributed by atoms with Crippen LogP contribution >= 0.6 is 0 Å². The van der Waals surface area contributed by atoms with Crippen LogP contribution in [0, 0.1) is 0 Å². The maximum absolute atomic E-state index is 4.90. The Labute approximate surface area is 145 Å². The molecule has 0 aliphatic carbocycles. The van der Waals surface area contributed by atoms with Crippen LogP contribution in [0.1, 0.15) is 26.0 Å². The quantitative estimate of drug-likeness (QED) is 0.567. The zero-order valence-corrected chi connectivity index (χ0v) is 15.4. The second kappa shape index (κ2) is 10.3. The zero-order chi connectivity index (χ0) is 17.2. The molecule has 7 nitrogen and oxygen atoms in total. The Balaban J connectivity index is 1.70. The van der Waals surface area contributed by atoms with Crippen LogP contribution in [-0.2, 0) is 6.54 Å². The Morgan fingerprint density at radius 2 is 2.08 bits per heavy atom. The minimum atomic E-state index is 0.860. The number of piperazine rings is 1. The first-order chi connectivity index (χ1) is 11.8. The Kier molecular flexibility index (Phi) is 8.04. The van der Waals surface area contributed by atoms with E-state index in [9.17, 15) is 0 Å². The van der Waals surface area contributed by atoms with Crippen molar-refractivity contribution in [2.24, 2.45) is 4.99 Å². The van der Waals surface area contributed by atoms with Crippen LogP contribution in [0.4, 0.5) is 0 Å². The third-order valence-corrected chi connectivity index (χ3v) is 4.46. The van der Waals surface area contributed by atoms with Crippen molar-refractivity contribution in [3.8, 4) is 0 Å². The van der Waals surface area contributed by atoms with Gasteiger partial charge in [0.05, 0.1) is 5.69 Å². The molecule has 24 heavy (non-hydrogen) atoms. The van der Waals surface area contributed by atoms with E-state index in [1.807, 2.05) is 13.1 Å². The lowest BCUT2D eigenvalue weighted by molar-refractivity contribution is 0.168. The lowest BCUT2D eigenvalue weighted by Gasteiger charge is -2.36. The van der Waals surface area contributed by atoms with Gasteiger partial charge in [0.2, 0.25) is 0 Å². The van der Waals surface area contributed by atoms with Crippen LogP contribution in [0.15, 0.2) is 21.8 Å². The van der Waals surface area contributed by atoms with Crippen molar-refractivity contribution in [3.05, 3.63) is 18.0 Å². The first kappa shape index (κ1) is 18.7. The van der Waals surface area contributed by atoms with Crippen LogP contribution in [0.25, 0.3) is 0 Å². The predicted molar refractivity (Wildman–Crippen MR) is 97.1 cm³/mol. The number of hydrogen-bond donors (Lipinski definition) is 1. The fourth-order valence-electron chi connectivity index (χ4n) is 3.07. The van der Waals surface area contributed by atoms with Gasteiger partial charge in [0.1, 0.15) is 6.26 Å². The van der Waals surface area contributed by atoms with Gasteiger partial charge < -0.3 is 19.6 Å². The number of likely N-dealkylation sites (N-methyl/N-ethyl adjacent to an activating group) is 1. The van der Waals surface area contributed by atoms with Crippen molar-refractivity contribution in [1.82, 2.24) is 25.2 Å². The van der Waals surface area contributed by atoms with Crippen LogP contribution in [0.3, 0.4) is 0 Å². The van der Waals surface area contributed by atoms with Crippen molar-refractivity contribution >= 4 is 5.96 Å². The molecule has 1 fully saturated rings. The Hall–Kier alpha value is -1.60. The SMILES string of the molecule is CCCN(CC)CCNC(=NC)N1CCN(Cc2ccon2)CC1. The molecule has 136 valence electrons. The van der Waals surface area contributed by atoms with Crippen molar-refractivity contribution in [1.29, 1.82) is 0 Å². The largest absolute Gasteiger partial charge is 0.364 e. The maximum Gasteiger partial charge on any atom is 0.193 e. The highest BCUT2D eigenvalue weighted by atomic mass is 16.5. The summed E-state index contributed by atoms with van der Waals surface area (Å²) in [5.41, 5.74) is 1.00. The lowest BCUT2D eigenvalue weighted by Crippen LogP contribution is -2.53. The number of aromatic nitrogens is 1. The van der Waals surface area contributed by atoms with E-state index in [0.29, 0.717) is 0 Å². The molecule has 0 atom stereocenters.